The third-order valence-corrected chi connectivity index (χ3v) is 3.86. The Morgan fingerprint density at radius 2 is 2.22 bits per heavy atom. The molecule has 96 valence electrons. The van der Waals surface area contributed by atoms with Gasteiger partial charge in [0.2, 0.25) is 0 Å². The second-order valence-electron chi connectivity index (χ2n) is 5.60. The van der Waals surface area contributed by atoms with Crippen molar-refractivity contribution in [1.82, 2.24) is 9.88 Å². The van der Waals surface area contributed by atoms with Crippen LogP contribution in [-0.2, 0) is 0 Å². The summed E-state index contributed by atoms with van der Waals surface area (Å²) in [5.74, 6) is 1.37. The molecule has 0 saturated carbocycles. The number of benzene rings is 1. The van der Waals surface area contributed by atoms with E-state index in [1.807, 2.05) is 6.07 Å². The van der Waals surface area contributed by atoms with Gasteiger partial charge in [-0.05, 0) is 51.4 Å². The van der Waals surface area contributed by atoms with Crippen molar-refractivity contribution in [2.45, 2.75) is 39.2 Å². The molecule has 3 heteroatoms. The monoisotopic (exact) mass is 244 g/mol. The van der Waals surface area contributed by atoms with E-state index in [0.29, 0.717) is 12.0 Å². The Morgan fingerprint density at radius 3 is 2.94 bits per heavy atom. The molecule has 1 fully saturated rings. The van der Waals surface area contributed by atoms with Crippen molar-refractivity contribution in [3.05, 3.63) is 29.7 Å². The molecule has 1 aromatic carbocycles. The molecule has 3 rings (SSSR count). The van der Waals surface area contributed by atoms with Crippen LogP contribution in [-0.4, -0.2) is 29.0 Å². The summed E-state index contributed by atoms with van der Waals surface area (Å²) in [7, 11) is 0. The topological polar surface area (TPSA) is 29.3 Å². The van der Waals surface area contributed by atoms with Crippen molar-refractivity contribution >= 4 is 11.1 Å². The van der Waals surface area contributed by atoms with Crippen LogP contribution < -0.4 is 0 Å². The van der Waals surface area contributed by atoms with Gasteiger partial charge in [-0.15, -0.1) is 0 Å². The van der Waals surface area contributed by atoms with Crippen LogP contribution in [0.1, 0.15) is 37.6 Å². The largest absolute Gasteiger partial charge is 0.440 e. The highest BCUT2D eigenvalue weighted by molar-refractivity contribution is 5.73. The Kier molecular flexibility index (Phi) is 2.86. The molecular formula is C15H20N2O. The van der Waals surface area contributed by atoms with Crippen LogP contribution in [0.15, 0.2) is 22.6 Å². The predicted octanol–water partition coefficient (Wildman–Crippen LogP) is 3.33. The van der Waals surface area contributed by atoms with Crippen molar-refractivity contribution < 1.29 is 4.42 Å². The number of hydrogen-bond acceptors (Lipinski definition) is 3. The van der Waals surface area contributed by atoms with Crippen molar-refractivity contribution in [2.75, 3.05) is 13.1 Å². The van der Waals surface area contributed by atoms with Crippen molar-refractivity contribution in [3.8, 4) is 0 Å². The lowest BCUT2D eigenvalue weighted by molar-refractivity contribution is 0.269. The summed E-state index contributed by atoms with van der Waals surface area (Å²) in [4.78, 5) is 7.15. The normalized spacial score (nSPS) is 21.2. The van der Waals surface area contributed by atoms with E-state index < -0.39 is 0 Å². The molecule has 0 radical (unpaired) electrons. The van der Waals surface area contributed by atoms with Crippen LogP contribution >= 0.6 is 0 Å². The third kappa shape index (κ3) is 2.03. The smallest absolute Gasteiger partial charge is 0.199 e. The average Bonchev–Trinajstić information content (AvgIpc) is 2.93. The Hall–Kier alpha value is -1.35. The molecule has 0 spiro atoms. The number of aromatic nitrogens is 1. The highest BCUT2D eigenvalue weighted by Crippen LogP contribution is 2.30. The second-order valence-corrected chi connectivity index (χ2v) is 5.60. The molecule has 0 bridgehead atoms. The fourth-order valence-electron chi connectivity index (χ4n) is 2.69. The quantitative estimate of drug-likeness (QED) is 0.811. The van der Waals surface area contributed by atoms with Crippen LogP contribution in [0.3, 0.4) is 0 Å². The van der Waals surface area contributed by atoms with Gasteiger partial charge in [0, 0.05) is 18.5 Å². The first-order valence-electron chi connectivity index (χ1n) is 6.74. The van der Waals surface area contributed by atoms with Gasteiger partial charge in [0.05, 0.1) is 0 Å². The van der Waals surface area contributed by atoms with E-state index in [1.165, 1.54) is 5.56 Å². The maximum Gasteiger partial charge on any atom is 0.199 e. The van der Waals surface area contributed by atoms with Gasteiger partial charge in [-0.2, -0.15) is 0 Å². The van der Waals surface area contributed by atoms with E-state index in [9.17, 15) is 0 Å². The fraction of sp³-hybridized carbons (Fsp3) is 0.533. The zero-order valence-corrected chi connectivity index (χ0v) is 11.3. The number of likely N-dealkylation sites (tertiary alicyclic amines) is 1. The van der Waals surface area contributed by atoms with Crippen LogP contribution in [0.5, 0.6) is 0 Å². The minimum Gasteiger partial charge on any atom is -0.440 e. The lowest BCUT2D eigenvalue weighted by Gasteiger charge is -2.19. The summed E-state index contributed by atoms with van der Waals surface area (Å²) in [6, 6.07) is 6.81. The number of rotatable bonds is 2. The van der Waals surface area contributed by atoms with Gasteiger partial charge in [0.1, 0.15) is 5.52 Å². The highest BCUT2D eigenvalue weighted by atomic mass is 16.3. The maximum absolute atomic E-state index is 5.90. The highest BCUT2D eigenvalue weighted by Gasteiger charge is 2.28. The summed E-state index contributed by atoms with van der Waals surface area (Å²) in [5, 5.41) is 0. The minimum absolute atomic E-state index is 0.458. The number of fused-ring (bicyclic) bond motifs is 1. The van der Waals surface area contributed by atoms with Crippen molar-refractivity contribution in [2.24, 2.45) is 0 Å². The zero-order valence-electron chi connectivity index (χ0n) is 11.3. The van der Waals surface area contributed by atoms with E-state index in [2.05, 4.69) is 42.8 Å². The minimum atomic E-state index is 0.458. The molecule has 2 aromatic rings. The first kappa shape index (κ1) is 11.7. The molecule has 0 N–H and O–H groups in total. The molecule has 1 atom stereocenters. The van der Waals surface area contributed by atoms with E-state index in [1.54, 1.807) is 0 Å². The number of oxazole rings is 1. The Bertz CT molecular complexity index is 559. The Labute approximate surface area is 108 Å². The zero-order chi connectivity index (χ0) is 12.7. The van der Waals surface area contributed by atoms with Gasteiger partial charge >= 0.3 is 0 Å². The van der Waals surface area contributed by atoms with Gasteiger partial charge in [-0.1, -0.05) is 6.07 Å². The number of hydrogen-bond donors (Lipinski definition) is 0. The van der Waals surface area contributed by atoms with Gasteiger partial charge in [-0.25, -0.2) is 4.98 Å². The number of nitrogens with zero attached hydrogens (tertiary/aromatic N) is 2. The van der Waals surface area contributed by atoms with Gasteiger partial charge < -0.3 is 9.32 Å². The summed E-state index contributed by atoms with van der Waals surface area (Å²) in [6.07, 6.45) is 1.16. The molecule has 1 aliphatic heterocycles. The molecule has 3 nitrogen and oxygen atoms in total. The van der Waals surface area contributed by atoms with Crippen molar-refractivity contribution in [3.63, 3.8) is 0 Å². The molecular weight excluding hydrogens is 224 g/mol. The molecule has 2 heterocycles. The lowest BCUT2D eigenvalue weighted by atomic mass is 10.1. The van der Waals surface area contributed by atoms with E-state index >= 15 is 0 Å². The van der Waals surface area contributed by atoms with Crippen LogP contribution in [0.25, 0.3) is 11.1 Å². The molecule has 0 aliphatic carbocycles. The second kappa shape index (κ2) is 4.39. The Morgan fingerprint density at radius 1 is 1.39 bits per heavy atom. The fourth-order valence-corrected chi connectivity index (χ4v) is 2.69. The van der Waals surface area contributed by atoms with Gasteiger partial charge in [0.15, 0.2) is 11.5 Å². The van der Waals surface area contributed by atoms with Crippen LogP contribution in [0, 0.1) is 6.92 Å². The molecule has 1 saturated heterocycles. The maximum atomic E-state index is 5.90. The summed E-state index contributed by atoms with van der Waals surface area (Å²) < 4.78 is 5.90. The van der Waals surface area contributed by atoms with Gasteiger partial charge in [0.25, 0.3) is 0 Å². The lowest BCUT2D eigenvalue weighted by Crippen LogP contribution is -2.27. The SMILES string of the molecule is Cc1ccc2oc([C@@H]3CCN(C(C)C)C3)nc2c1. The molecule has 1 aliphatic rings. The summed E-state index contributed by atoms with van der Waals surface area (Å²) >= 11 is 0. The van der Waals surface area contributed by atoms with E-state index in [-0.39, 0.29) is 0 Å². The molecule has 0 unspecified atom stereocenters. The van der Waals surface area contributed by atoms with E-state index in [4.69, 9.17) is 4.42 Å². The molecule has 1 aromatic heterocycles. The average molecular weight is 244 g/mol. The predicted molar refractivity (Wildman–Crippen MR) is 72.8 cm³/mol. The first-order chi connectivity index (χ1) is 8.63. The Balaban J connectivity index is 1.87. The summed E-state index contributed by atoms with van der Waals surface area (Å²) in [5.41, 5.74) is 3.14. The first-order valence-corrected chi connectivity index (χ1v) is 6.74. The molecule has 18 heavy (non-hydrogen) atoms. The van der Waals surface area contributed by atoms with Crippen LogP contribution in [0.2, 0.25) is 0 Å². The third-order valence-electron chi connectivity index (χ3n) is 3.86. The molecule has 0 amide bonds. The number of aryl methyl sites for hydroxylation is 1. The van der Waals surface area contributed by atoms with Crippen molar-refractivity contribution in [1.29, 1.82) is 0 Å². The summed E-state index contributed by atoms with van der Waals surface area (Å²) in [6.45, 7) is 8.81. The van der Waals surface area contributed by atoms with E-state index in [0.717, 1.165) is 36.5 Å². The standard InChI is InChI=1S/C15H20N2O/c1-10(2)17-7-6-12(9-17)15-16-13-8-11(3)4-5-14(13)18-15/h4-5,8,10,12H,6-7,9H2,1-3H3/t12-/m1/s1. The van der Waals surface area contributed by atoms with Crippen LogP contribution in [0.4, 0.5) is 0 Å². The van der Waals surface area contributed by atoms with Gasteiger partial charge in [-0.3, -0.25) is 0 Å².